The normalized spacial score (nSPS) is 19.5. The van der Waals surface area contributed by atoms with Crippen LogP contribution < -0.4 is 10.6 Å². The maximum absolute atomic E-state index is 11.7. The number of carbonyl (C=O) groups is 1. The molecule has 1 aromatic rings. The number of thiazole rings is 1. The number of amides is 1. The molecule has 1 aromatic heterocycles. The van der Waals surface area contributed by atoms with Crippen LogP contribution in [0.1, 0.15) is 43.7 Å². The lowest BCUT2D eigenvalue weighted by Gasteiger charge is -2.18. The van der Waals surface area contributed by atoms with Crippen molar-refractivity contribution >= 4 is 22.6 Å². The van der Waals surface area contributed by atoms with Crippen LogP contribution >= 0.6 is 11.3 Å². The molecule has 1 fully saturated rings. The van der Waals surface area contributed by atoms with Gasteiger partial charge in [0, 0.05) is 17.3 Å². The Morgan fingerprint density at radius 2 is 2.26 bits per heavy atom. The number of nitrogens with zero attached hydrogens (tertiary/aromatic N) is 1. The minimum Gasteiger partial charge on any atom is -0.444 e. The van der Waals surface area contributed by atoms with Crippen molar-refractivity contribution in [3.63, 3.8) is 0 Å². The van der Waals surface area contributed by atoms with Gasteiger partial charge in [-0.25, -0.2) is 9.78 Å². The van der Waals surface area contributed by atoms with Crippen LogP contribution in [0.4, 0.5) is 9.93 Å². The molecular formula is C13H21N3O2S. The highest BCUT2D eigenvalue weighted by molar-refractivity contribution is 7.16. The van der Waals surface area contributed by atoms with Crippen LogP contribution in [0.25, 0.3) is 0 Å². The molecule has 0 radical (unpaired) electrons. The molecule has 19 heavy (non-hydrogen) atoms. The second-order valence-corrected chi connectivity index (χ2v) is 6.82. The van der Waals surface area contributed by atoms with Gasteiger partial charge in [0.15, 0.2) is 5.13 Å². The first kappa shape index (κ1) is 14.3. The molecule has 2 rings (SSSR count). The molecule has 0 aliphatic carbocycles. The van der Waals surface area contributed by atoms with Gasteiger partial charge in [0.2, 0.25) is 0 Å². The Bertz CT molecular complexity index is 459. The third-order valence-corrected chi connectivity index (χ3v) is 4.11. The van der Waals surface area contributed by atoms with E-state index in [0.717, 1.165) is 25.2 Å². The van der Waals surface area contributed by atoms with E-state index in [1.54, 1.807) is 11.3 Å². The Labute approximate surface area is 117 Å². The molecule has 5 nitrogen and oxygen atoms in total. The number of carbonyl (C=O) groups excluding carboxylic acids is 1. The number of aromatic nitrogens is 1. The molecule has 0 saturated carbocycles. The van der Waals surface area contributed by atoms with E-state index >= 15 is 0 Å². The summed E-state index contributed by atoms with van der Waals surface area (Å²) in [5.41, 5.74) is 0.513. The predicted octanol–water partition coefficient (Wildman–Crippen LogP) is 2.88. The van der Waals surface area contributed by atoms with Crippen molar-refractivity contribution in [3.8, 4) is 0 Å². The van der Waals surface area contributed by atoms with Gasteiger partial charge in [-0.05, 0) is 40.7 Å². The standard InChI is InChI=1S/C13H21N3O2S/c1-8-10(9-5-6-14-7-9)19-11(15-8)16-12(17)18-13(2,3)4/h9,14H,5-7H2,1-4H3,(H,15,16,17). The monoisotopic (exact) mass is 283 g/mol. The van der Waals surface area contributed by atoms with Crippen molar-refractivity contribution in [2.24, 2.45) is 0 Å². The molecule has 0 aromatic carbocycles. The lowest BCUT2D eigenvalue weighted by Crippen LogP contribution is -2.27. The molecule has 1 saturated heterocycles. The van der Waals surface area contributed by atoms with Gasteiger partial charge in [-0.2, -0.15) is 0 Å². The number of aryl methyl sites for hydroxylation is 1. The van der Waals surface area contributed by atoms with Gasteiger partial charge in [0.05, 0.1) is 5.69 Å². The quantitative estimate of drug-likeness (QED) is 0.876. The fourth-order valence-corrected chi connectivity index (χ4v) is 3.20. The van der Waals surface area contributed by atoms with E-state index in [4.69, 9.17) is 4.74 Å². The zero-order valence-corrected chi connectivity index (χ0v) is 12.7. The van der Waals surface area contributed by atoms with Crippen molar-refractivity contribution in [3.05, 3.63) is 10.6 Å². The number of hydrogen-bond acceptors (Lipinski definition) is 5. The third-order valence-electron chi connectivity index (χ3n) is 2.87. The number of anilines is 1. The van der Waals surface area contributed by atoms with Gasteiger partial charge in [-0.1, -0.05) is 0 Å². The van der Waals surface area contributed by atoms with E-state index in [1.165, 1.54) is 4.88 Å². The summed E-state index contributed by atoms with van der Waals surface area (Å²) in [4.78, 5) is 17.4. The summed E-state index contributed by atoms with van der Waals surface area (Å²) in [5.74, 6) is 0.520. The lowest BCUT2D eigenvalue weighted by atomic mass is 10.1. The van der Waals surface area contributed by atoms with E-state index in [-0.39, 0.29) is 0 Å². The number of rotatable bonds is 2. The number of ether oxygens (including phenoxy) is 1. The smallest absolute Gasteiger partial charge is 0.413 e. The van der Waals surface area contributed by atoms with Crippen molar-refractivity contribution in [1.82, 2.24) is 10.3 Å². The van der Waals surface area contributed by atoms with E-state index < -0.39 is 11.7 Å². The van der Waals surface area contributed by atoms with Gasteiger partial charge in [-0.3, -0.25) is 5.32 Å². The second kappa shape index (κ2) is 5.46. The first-order chi connectivity index (χ1) is 8.85. The second-order valence-electron chi connectivity index (χ2n) is 5.79. The fourth-order valence-electron chi connectivity index (χ4n) is 2.11. The highest BCUT2D eigenvalue weighted by atomic mass is 32.1. The Morgan fingerprint density at radius 1 is 1.53 bits per heavy atom. The Balaban J connectivity index is 2.01. The van der Waals surface area contributed by atoms with Crippen molar-refractivity contribution in [2.45, 2.75) is 45.6 Å². The molecule has 0 spiro atoms. The van der Waals surface area contributed by atoms with Crippen LogP contribution in [0.15, 0.2) is 0 Å². The van der Waals surface area contributed by atoms with E-state index in [2.05, 4.69) is 15.6 Å². The van der Waals surface area contributed by atoms with Gasteiger partial charge in [0.1, 0.15) is 5.60 Å². The summed E-state index contributed by atoms with van der Waals surface area (Å²) in [6.45, 7) is 9.57. The van der Waals surface area contributed by atoms with Gasteiger partial charge < -0.3 is 10.1 Å². The lowest BCUT2D eigenvalue weighted by molar-refractivity contribution is 0.0636. The maximum atomic E-state index is 11.7. The van der Waals surface area contributed by atoms with Crippen LogP contribution in [0.5, 0.6) is 0 Å². The maximum Gasteiger partial charge on any atom is 0.413 e. The molecule has 1 atom stereocenters. The van der Waals surface area contributed by atoms with Gasteiger partial charge in [-0.15, -0.1) is 11.3 Å². The summed E-state index contributed by atoms with van der Waals surface area (Å²) in [5, 5.41) is 6.67. The Morgan fingerprint density at radius 3 is 2.84 bits per heavy atom. The molecular weight excluding hydrogens is 262 g/mol. The Hall–Kier alpha value is -1.14. The SMILES string of the molecule is Cc1nc(NC(=O)OC(C)(C)C)sc1C1CCNC1. The summed E-state index contributed by atoms with van der Waals surface area (Å²) in [7, 11) is 0. The fraction of sp³-hybridized carbons (Fsp3) is 0.692. The van der Waals surface area contributed by atoms with Crippen LogP contribution in [-0.2, 0) is 4.74 Å². The van der Waals surface area contributed by atoms with Crippen molar-refractivity contribution in [1.29, 1.82) is 0 Å². The van der Waals surface area contributed by atoms with Crippen LogP contribution in [0, 0.1) is 6.92 Å². The average molecular weight is 283 g/mol. The highest BCUT2D eigenvalue weighted by Gasteiger charge is 2.23. The minimum absolute atomic E-state index is 0.447. The van der Waals surface area contributed by atoms with Crippen LogP contribution in [0.3, 0.4) is 0 Å². The van der Waals surface area contributed by atoms with Crippen LogP contribution in [0.2, 0.25) is 0 Å². The van der Waals surface area contributed by atoms with E-state index in [9.17, 15) is 4.79 Å². The minimum atomic E-state index is -0.491. The van der Waals surface area contributed by atoms with Gasteiger partial charge >= 0.3 is 6.09 Å². The first-order valence-corrected chi connectivity index (χ1v) is 7.35. The van der Waals surface area contributed by atoms with Crippen LogP contribution in [-0.4, -0.2) is 29.8 Å². The molecule has 106 valence electrons. The Kier molecular flexibility index (Phi) is 4.10. The topological polar surface area (TPSA) is 63.2 Å². The molecule has 1 amide bonds. The predicted molar refractivity (Wildman–Crippen MR) is 76.9 cm³/mol. The van der Waals surface area contributed by atoms with Crippen molar-refractivity contribution in [2.75, 3.05) is 18.4 Å². The molecule has 0 bridgehead atoms. The summed E-state index contributed by atoms with van der Waals surface area (Å²) < 4.78 is 5.22. The molecule has 2 heterocycles. The zero-order chi connectivity index (χ0) is 14.0. The summed E-state index contributed by atoms with van der Waals surface area (Å²) in [6, 6.07) is 0. The summed E-state index contributed by atoms with van der Waals surface area (Å²) >= 11 is 1.55. The largest absolute Gasteiger partial charge is 0.444 e. The highest BCUT2D eigenvalue weighted by Crippen LogP contribution is 2.33. The third kappa shape index (κ3) is 3.91. The summed E-state index contributed by atoms with van der Waals surface area (Å²) in [6.07, 6.45) is 0.687. The van der Waals surface area contributed by atoms with E-state index in [1.807, 2.05) is 27.7 Å². The first-order valence-electron chi connectivity index (χ1n) is 6.53. The molecule has 6 heteroatoms. The number of nitrogens with one attached hydrogen (secondary N) is 2. The van der Waals surface area contributed by atoms with Gasteiger partial charge in [0.25, 0.3) is 0 Å². The molecule has 1 unspecified atom stereocenters. The molecule has 1 aliphatic rings. The molecule has 1 aliphatic heterocycles. The molecule has 2 N–H and O–H groups in total. The number of hydrogen-bond donors (Lipinski definition) is 2. The van der Waals surface area contributed by atoms with Crippen molar-refractivity contribution < 1.29 is 9.53 Å². The zero-order valence-electron chi connectivity index (χ0n) is 11.9. The average Bonchev–Trinajstić information content (AvgIpc) is 2.84. The van der Waals surface area contributed by atoms with E-state index in [0.29, 0.717) is 11.0 Å².